The van der Waals surface area contributed by atoms with Crippen LogP contribution in [-0.2, 0) is 4.84 Å². The maximum Gasteiger partial charge on any atom is 0.253 e. The average Bonchev–Trinajstić information content (AvgIpc) is 2.97. The van der Waals surface area contributed by atoms with Crippen LogP contribution in [0.3, 0.4) is 0 Å². The molecule has 0 radical (unpaired) electrons. The Balaban J connectivity index is 1.80. The van der Waals surface area contributed by atoms with Gasteiger partial charge in [0, 0.05) is 39.3 Å². The Morgan fingerprint density at radius 1 is 0.789 bits per heavy atom. The van der Waals surface area contributed by atoms with Gasteiger partial charge >= 0.3 is 0 Å². The zero-order chi connectivity index (χ0) is 13.4. The first-order valence-electron chi connectivity index (χ1n) is 6.84. The van der Waals surface area contributed by atoms with E-state index >= 15 is 0 Å². The van der Waals surface area contributed by atoms with E-state index in [1.165, 1.54) is 0 Å². The van der Waals surface area contributed by atoms with Gasteiger partial charge in [0.25, 0.3) is 10.9 Å². The van der Waals surface area contributed by atoms with Crippen molar-refractivity contribution in [3.8, 4) is 0 Å². The Kier molecular flexibility index (Phi) is 3.28. The smallest absolute Gasteiger partial charge is 0.253 e. The lowest BCUT2D eigenvalue weighted by Crippen LogP contribution is -2.52. The quantitative estimate of drug-likeness (QED) is 0.691. The van der Waals surface area contributed by atoms with E-state index in [-0.39, 0.29) is 10.9 Å². The summed E-state index contributed by atoms with van der Waals surface area (Å²) in [7, 11) is 1.66. The van der Waals surface area contributed by atoms with Crippen LogP contribution in [0.25, 0.3) is 0 Å². The largest absolute Gasteiger partial charge is 0.366 e. The molecular weight excluding hydrogens is 246 g/mol. The van der Waals surface area contributed by atoms with Crippen molar-refractivity contribution in [2.45, 2.75) is 12.8 Å². The summed E-state index contributed by atoms with van der Waals surface area (Å²) in [5, 5.41) is 1.87. The minimum absolute atomic E-state index is 0.300. The molecule has 0 atom stereocenters. The van der Waals surface area contributed by atoms with Gasteiger partial charge in [-0.05, 0) is 12.8 Å². The van der Waals surface area contributed by atoms with Gasteiger partial charge in [0.15, 0.2) is 0 Å². The molecule has 0 unspecified atom stereocenters. The third-order valence-electron chi connectivity index (χ3n) is 4.10. The lowest BCUT2D eigenvalue weighted by Gasteiger charge is -2.36. The van der Waals surface area contributed by atoms with Crippen molar-refractivity contribution in [3.63, 3.8) is 0 Å². The van der Waals surface area contributed by atoms with E-state index in [1.54, 1.807) is 7.11 Å². The molecular formula is C13H19N3O3. The summed E-state index contributed by atoms with van der Waals surface area (Å²) < 4.78 is 0. The van der Waals surface area contributed by atoms with E-state index in [4.69, 9.17) is 4.84 Å². The molecule has 1 aromatic rings. The molecule has 0 N–H and O–H groups in total. The second kappa shape index (κ2) is 4.94. The van der Waals surface area contributed by atoms with Crippen molar-refractivity contribution in [3.05, 3.63) is 20.4 Å². The van der Waals surface area contributed by atoms with Gasteiger partial charge in [-0.3, -0.25) is 9.59 Å². The van der Waals surface area contributed by atoms with E-state index in [9.17, 15) is 9.59 Å². The SMILES string of the molecule is CON1CCN(c2c(N3CCCC3)c(=O)c2=O)CC1. The van der Waals surface area contributed by atoms with Crippen LogP contribution >= 0.6 is 0 Å². The highest BCUT2D eigenvalue weighted by Crippen LogP contribution is 2.28. The maximum absolute atomic E-state index is 11.9. The Labute approximate surface area is 111 Å². The third kappa shape index (κ3) is 2.04. The van der Waals surface area contributed by atoms with Gasteiger partial charge < -0.3 is 14.6 Å². The van der Waals surface area contributed by atoms with Crippen molar-refractivity contribution in [2.24, 2.45) is 0 Å². The Morgan fingerprint density at radius 3 is 1.74 bits per heavy atom. The Hall–Kier alpha value is -1.40. The van der Waals surface area contributed by atoms with Crippen LogP contribution in [-0.4, -0.2) is 51.4 Å². The second-order valence-electron chi connectivity index (χ2n) is 5.15. The maximum atomic E-state index is 11.9. The highest BCUT2D eigenvalue weighted by Gasteiger charge is 2.32. The van der Waals surface area contributed by atoms with Gasteiger partial charge in [0.2, 0.25) is 0 Å². The summed E-state index contributed by atoms with van der Waals surface area (Å²) in [5.74, 6) is 0. The second-order valence-corrected chi connectivity index (χ2v) is 5.15. The number of hydrogen-bond donors (Lipinski definition) is 0. The number of piperazine rings is 1. The normalized spacial score (nSPS) is 21.5. The highest BCUT2D eigenvalue weighted by molar-refractivity contribution is 5.76. The van der Waals surface area contributed by atoms with E-state index in [1.807, 2.05) is 9.96 Å². The first-order chi connectivity index (χ1) is 9.22. The Morgan fingerprint density at radius 2 is 1.26 bits per heavy atom. The molecule has 1 aromatic carbocycles. The number of nitrogens with zero attached hydrogens (tertiary/aromatic N) is 3. The highest BCUT2D eigenvalue weighted by atomic mass is 16.7. The lowest BCUT2D eigenvalue weighted by atomic mass is 10.1. The Bertz CT molecular complexity index is 521. The molecule has 0 aliphatic carbocycles. The van der Waals surface area contributed by atoms with Crippen LogP contribution in [0.5, 0.6) is 0 Å². The van der Waals surface area contributed by atoms with Crippen LogP contribution in [0.1, 0.15) is 12.8 Å². The van der Waals surface area contributed by atoms with Crippen LogP contribution in [0.2, 0.25) is 0 Å². The molecule has 0 saturated carbocycles. The third-order valence-corrected chi connectivity index (χ3v) is 4.10. The van der Waals surface area contributed by atoms with Crippen LogP contribution in [0.4, 0.5) is 11.4 Å². The summed E-state index contributed by atoms with van der Waals surface area (Å²) in [6, 6.07) is 0. The predicted octanol–water partition coefficient (Wildman–Crippen LogP) is -0.434. The lowest BCUT2D eigenvalue weighted by molar-refractivity contribution is -0.133. The molecule has 2 heterocycles. The van der Waals surface area contributed by atoms with Gasteiger partial charge in [0.1, 0.15) is 11.4 Å². The van der Waals surface area contributed by atoms with Crippen LogP contribution in [0, 0.1) is 0 Å². The van der Waals surface area contributed by atoms with Gasteiger partial charge in [-0.25, -0.2) is 0 Å². The minimum Gasteiger partial charge on any atom is -0.366 e. The van der Waals surface area contributed by atoms with Gasteiger partial charge in [-0.15, -0.1) is 0 Å². The van der Waals surface area contributed by atoms with Crippen LogP contribution < -0.4 is 20.7 Å². The minimum atomic E-state index is -0.312. The first-order valence-corrected chi connectivity index (χ1v) is 6.84. The van der Waals surface area contributed by atoms with E-state index in [0.717, 1.165) is 52.1 Å². The fraction of sp³-hybridized carbons (Fsp3) is 0.692. The molecule has 6 heteroatoms. The van der Waals surface area contributed by atoms with Crippen LogP contribution in [0.15, 0.2) is 9.59 Å². The van der Waals surface area contributed by atoms with Crippen molar-refractivity contribution < 1.29 is 4.84 Å². The standard InChI is InChI=1S/C13H19N3O3/c1-19-16-8-6-15(7-9-16)11-10(12(17)13(11)18)14-4-2-3-5-14/h2-9H2,1H3. The molecule has 0 amide bonds. The molecule has 104 valence electrons. The summed E-state index contributed by atoms with van der Waals surface area (Å²) in [6.07, 6.45) is 2.21. The zero-order valence-corrected chi connectivity index (χ0v) is 11.2. The first kappa shape index (κ1) is 12.6. The summed E-state index contributed by atoms with van der Waals surface area (Å²) in [6.45, 7) is 4.79. The summed E-state index contributed by atoms with van der Waals surface area (Å²) in [5.41, 5.74) is 0.690. The number of hydrogen-bond acceptors (Lipinski definition) is 6. The predicted molar refractivity (Wildman–Crippen MR) is 73.6 cm³/mol. The van der Waals surface area contributed by atoms with Gasteiger partial charge in [-0.1, -0.05) is 0 Å². The summed E-state index contributed by atoms with van der Waals surface area (Å²) >= 11 is 0. The van der Waals surface area contributed by atoms with E-state index < -0.39 is 0 Å². The molecule has 2 aliphatic rings. The number of hydroxylamine groups is 2. The van der Waals surface area contributed by atoms with Crippen molar-refractivity contribution in [2.75, 3.05) is 56.2 Å². The topological polar surface area (TPSA) is 53.1 Å². The summed E-state index contributed by atoms with van der Waals surface area (Å²) in [4.78, 5) is 32.9. The monoisotopic (exact) mass is 265 g/mol. The van der Waals surface area contributed by atoms with Gasteiger partial charge in [0.05, 0.1) is 7.11 Å². The number of rotatable bonds is 3. The molecule has 0 bridgehead atoms. The fourth-order valence-electron chi connectivity index (χ4n) is 2.99. The molecule has 2 aliphatic heterocycles. The fourth-order valence-corrected chi connectivity index (χ4v) is 2.99. The van der Waals surface area contributed by atoms with Crippen molar-refractivity contribution >= 4 is 11.4 Å². The van der Waals surface area contributed by atoms with E-state index in [0.29, 0.717) is 11.4 Å². The van der Waals surface area contributed by atoms with Crippen molar-refractivity contribution in [1.29, 1.82) is 0 Å². The average molecular weight is 265 g/mol. The molecule has 0 aromatic heterocycles. The van der Waals surface area contributed by atoms with E-state index in [2.05, 4.69) is 4.90 Å². The number of anilines is 2. The molecule has 3 rings (SSSR count). The molecule has 2 fully saturated rings. The molecule has 2 saturated heterocycles. The molecule has 19 heavy (non-hydrogen) atoms. The molecule has 6 nitrogen and oxygen atoms in total. The van der Waals surface area contributed by atoms with Gasteiger partial charge in [-0.2, -0.15) is 5.06 Å². The zero-order valence-electron chi connectivity index (χ0n) is 11.2. The molecule has 0 spiro atoms. The van der Waals surface area contributed by atoms with Crippen molar-refractivity contribution in [1.82, 2.24) is 5.06 Å².